The Morgan fingerprint density at radius 1 is 0.960 bits per heavy atom. The first-order chi connectivity index (χ1) is 11.9. The van der Waals surface area contributed by atoms with Gasteiger partial charge < -0.3 is 4.74 Å². The molecular weight excluding hydrogens is 335 g/mol. The van der Waals surface area contributed by atoms with E-state index in [1.807, 2.05) is 0 Å². The lowest BCUT2D eigenvalue weighted by Crippen LogP contribution is -2.36. The van der Waals surface area contributed by atoms with Gasteiger partial charge in [0.2, 0.25) is 0 Å². The highest BCUT2D eigenvalue weighted by molar-refractivity contribution is 5.39. The minimum Gasteiger partial charge on any atom is -0.479 e. The zero-order valence-corrected chi connectivity index (χ0v) is 13.3. The number of hydrogen-bond donors (Lipinski definition) is 0. The van der Waals surface area contributed by atoms with Crippen molar-refractivity contribution in [1.82, 2.24) is 0 Å². The molecule has 1 aliphatic carbocycles. The first-order valence-electron chi connectivity index (χ1n) is 8.00. The molecule has 0 spiro atoms. The Hall–Kier alpha value is -2.57. The summed E-state index contributed by atoms with van der Waals surface area (Å²) in [4.78, 5) is 10.0. The molecule has 3 rings (SSSR count). The number of nitrogens with zero attached hydrogens (tertiary/aromatic N) is 1. The Morgan fingerprint density at radius 2 is 1.68 bits per heavy atom. The lowest BCUT2D eigenvalue weighted by molar-refractivity contribution is -0.385. The predicted octanol–water partition coefficient (Wildman–Crippen LogP) is 5.25. The van der Waals surface area contributed by atoms with Gasteiger partial charge in [0.15, 0.2) is 11.6 Å². The van der Waals surface area contributed by atoms with Gasteiger partial charge in [0, 0.05) is 17.7 Å². The van der Waals surface area contributed by atoms with Gasteiger partial charge in [0.25, 0.3) is 5.69 Å². The van der Waals surface area contributed by atoms with Crippen LogP contribution in [0.2, 0.25) is 0 Å². The molecule has 0 aliphatic heterocycles. The quantitative estimate of drug-likeness (QED) is 0.558. The van der Waals surface area contributed by atoms with Crippen LogP contribution in [0.25, 0.3) is 0 Å². The highest BCUT2D eigenvalue weighted by Gasteiger charge is 2.39. The molecule has 0 heterocycles. The van der Waals surface area contributed by atoms with Crippen LogP contribution in [-0.4, -0.2) is 4.92 Å². The number of hydrogen-bond acceptors (Lipinski definition) is 3. The maximum Gasteiger partial charge on any atom is 0.272 e. The molecule has 0 saturated heterocycles. The fourth-order valence-electron chi connectivity index (χ4n) is 3.30. The summed E-state index contributed by atoms with van der Waals surface area (Å²) in [5.74, 6) is -2.52. The minimum absolute atomic E-state index is 0.173. The zero-order chi connectivity index (χ0) is 18.0. The highest BCUT2D eigenvalue weighted by Crippen LogP contribution is 2.43. The Kier molecular flexibility index (Phi) is 4.65. The first-order valence-corrected chi connectivity index (χ1v) is 8.00. The molecule has 0 N–H and O–H groups in total. The molecule has 4 nitrogen and oxygen atoms in total. The van der Waals surface area contributed by atoms with E-state index in [0.717, 1.165) is 43.5 Å². The van der Waals surface area contributed by atoms with E-state index in [1.165, 1.54) is 12.1 Å². The summed E-state index contributed by atoms with van der Waals surface area (Å²) in [6.45, 7) is 0. The number of rotatable bonds is 4. The van der Waals surface area contributed by atoms with Crippen molar-refractivity contribution >= 4 is 5.69 Å². The zero-order valence-electron chi connectivity index (χ0n) is 13.3. The molecule has 0 amide bonds. The molecule has 1 saturated carbocycles. The summed E-state index contributed by atoms with van der Waals surface area (Å²) in [7, 11) is 0. The van der Waals surface area contributed by atoms with Crippen LogP contribution in [-0.2, 0) is 5.60 Å². The number of halogens is 3. The van der Waals surface area contributed by atoms with Crippen LogP contribution in [0.4, 0.5) is 18.9 Å². The molecule has 132 valence electrons. The van der Waals surface area contributed by atoms with Gasteiger partial charge in [-0.1, -0.05) is 6.42 Å². The van der Waals surface area contributed by atoms with Crippen molar-refractivity contribution in [3.63, 3.8) is 0 Å². The van der Waals surface area contributed by atoms with Crippen LogP contribution in [0.15, 0.2) is 36.4 Å². The second-order valence-electron chi connectivity index (χ2n) is 6.15. The van der Waals surface area contributed by atoms with E-state index in [0.29, 0.717) is 12.8 Å². The van der Waals surface area contributed by atoms with E-state index in [2.05, 4.69) is 0 Å². The largest absolute Gasteiger partial charge is 0.479 e. The average Bonchev–Trinajstić information content (AvgIpc) is 2.57. The SMILES string of the molecule is O=[N+]([O-])c1ccc(OC2(c3ccc(F)cc3F)CCCCC2)c(F)c1. The normalized spacial score (nSPS) is 16.4. The summed E-state index contributed by atoms with van der Waals surface area (Å²) < 4.78 is 47.7. The third kappa shape index (κ3) is 3.45. The van der Waals surface area contributed by atoms with Crippen LogP contribution < -0.4 is 4.74 Å². The van der Waals surface area contributed by atoms with E-state index < -0.39 is 33.7 Å². The van der Waals surface area contributed by atoms with E-state index >= 15 is 0 Å². The molecule has 0 aromatic heterocycles. The van der Waals surface area contributed by atoms with Crippen molar-refractivity contribution in [2.45, 2.75) is 37.7 Å². The fourth-order valence-corrected chi connectivity index (χ4v) is 3.30. The molecule has 1 aliphatic rings. The Morgan fingerprint density at radius 3 is 2.28 bits per heavy atom. The van der Waals surface area contributed by atoms with Gasteiger partial charge >= 0.3 is 0 Å². The van der Waals surface area contributed by atoms with Crippen LogP contribution in [0.3, 0.4) is 0 Å². The van der Waals surface area contributed by atoms with Crippen molar-refractivity contribution in [3.8, 4) is 5.75 Å². The smallest absolute Gasteiger partial charge is 0.272 e. The maximum atomic E-state index is 14.4. The number of ether oxygens (including phenoxy) is 1. The van der Waals surface area contributed by atoms with Crippen molar-refractivity contribution in [1.29, 1.82) is 0 Å². The summed E-state index contributed by atoms with van der Waals surface area (Å²) in [6, 6.07) is 6.32. The highest BCUT2D eigenvalue weighted by atomic mass is 19.1. The number of nitro benzene ring substituents is 1. The number of benzene rings is 2. The van der Waals surface area contributed by atoms with Crippen molar-refractivity contribution < 1.29 is 22.8 Å². The fraction of sp³-hybridized carbons (Fsp3) is 0.333. The molecule has 0 unspecified atom stereocenters. The molecule has 7 heteroatoms. The molecule has 2 aromatic carbocycles. The molecule has 0 radical (unpaired) electrons. The lowest BCUT2D eigenvalue weighted by Gasteiger charge is -2.38. The molecule has 1 fully saturated rings. The maximum absolute atomic E-state index is 14.4. The molecule has 2 aromatic rings. The van der Waals surface area contributed by atoms with Crippen LogP contribution in [0.1, 0.15) is 37.7 Å². The summed E-state index contributed by atoms with van der Waals surface area (Å²) in [5.41, 5.74) is -1.34. The van der Waals surface area contributed by atoms with Gasteiger partial charge in [-0.2, -0.15) is 0 Å². The van der Waals surface area contributed by atoms with Crippen molar-refractivity contribution in [2.24, 2.45) is 0 Å². The van der Waals surface area contributed by atoms with E-state index in [1.54, 1.807) is 0 Å². The predicted molar refractivity (Wildman–Crippen MR) is 84.8 cm³/mol. The lowest BCUT2D eigenvalue weighted by atomic mass is 9.79. The second-order valence-corrected chi connectivity index (χ2v) is 6.15. The second kappa shape index (κ2) is 6.74. The first kappa shape index (κ1) is 17.3. The third-order valence-electron chi connectivity index (χ3n) is 4.51. The van der Waals surface area contributed by atoms with Gasteiger partial charge in [-0.25, -0.2) is 13.2 Å². The molecule has 0 atom stereocenters. The van der Waals surface area contributed by atoms with E-state index in [-0.39, 0.29) is 11.3 Å². The average molecular weight is 351 g/mol. The number of non-ortho nitro benzene ring substituents is 1. The standard InChI is InChI=1S/C18H16F3NO3/c19-12-4-6-14(15(20)10-12)18(8-2-1-3-9-18)25-17-7-5-13(22(23)24)11-16(17)21/h4-7,10-11H,1-3,8-9H2. The summed E-state index contributed by atoms with van der Waals surface area (Å²) in [5, 5.41) is 10.7. The van der Waals surface area contributed by atoms with Gasteiger partial charge in [0.1, 0.15) is 17.2 Å². The van der Waals surface area contributed by atoms with Crippen LogP contribution in [0, 0.1) is 27.6 Å². The number of nitro groups is 1. The van der Waals surface area contributed by atoms with E-state index in [4.69, 9.17) is 4.74 Å². The molecule has 25 heavy (non-hydrogen) atoms. The minimum atomic E-state index is -1.12. The molecular formula is C18H16F3NO3. The molecule has 0 bridgehead atoms. The Labute approximate surface area is 142 Å². The van der Waals surface area contributed by atoms with Gasteiger partial charge in [-0.3, -0.25) is 10.1 Å². The Bertz CT molecular complexity index is 804. The third-order valence-corrected chi connectivity index (χ3v) is 4.51. The van der Waals surface area contributed by atoms with Gasteiger partial charge in [-0.05, 0) is 43.9 Å². The van der Waals surface area contributed by atoms with Gasteiger partial charge in [-0.15, -0.1) is 0 Å². The Balaban J connectivity index is 2.01. The van der Waals surface area contributed by atoms with Gasteiger partial charge in [0.05, 0.1) is 11.0 Å². The van der Waals surface area contributed by atoms with Crippen LogP contribution in [0.5, 0.6) is 5.75 Å². The van der Waals surface area contributed by atoms with Crippen molar-refractivity contribution in [3.05, 3.63) is 69.5 Å². The van der Waals surface area contributed by atoms with Crippen molar-refractivity contribution in [2.75, 3.05) is 0 Å². The topological polar surface area (TPSA) is 52.4 Å². The monoisotopic (exact) mass is 351 g/mol. The summed E-state index contributed by atoms with van der Waals surface area (Å²) in [6.07, 6.45) is 3.35. The summed E-state index contributed by atoms with van der Waals surface area (Å²) >= 11 is 0. The van der Waals surface area contributed by atoms with E-state index in [9.17, 15) is 23.3 Å². The van der Waals surface area contributed by atoms with Crippen LogP contribution >= 0.6 is 0 Å².